The van der Waals surface area contributed by atoms with Crippen molar-refractivity contribution in [1.82, 2.24) is 5.32 Å². The molecule has 0 saturated heterocycles. The number of hydrogen-bond donors (Lipinski definition) is 1. The number of halogens is 3. The van der Waals surface area contributed by atoms with Gasteiger partial charge in [0, 0.05) is 19.6 Å². The number of nitrogens with one attached hydrogen (secondary N) is 1. The third-order valence-corrected chi connectivity index (χ3v) is 3.20. The Labute approximate surface area is 101 Å². The van der Waals surface area contributed by atoms with Crippen molar-refractivity contribution in [2.24, 2.45) is 5.92 Å². The van der Waals surface area contributed by atoms with Gasteiger partial charge in [0.25, 0.3) is 0 Å². The maximum atomic E-state index is 12.1. The van der Waals surface area contributed by atoms with E-state index < -0.39 is 12.6 Å². The van der Waals surface area contributed by atoms with Gasteiger partial charge in [-0.15, -0.1) is 0 Å². The highest BCUT2D eigenvalue weighted by Gasteiger charge is 2.36. The van der Waals surface area contributed by atoms with Crippen molar-refractivity contribution in [3.05, 3.63) is 0 Å². The van der Waals surface area contributed by atoms with Crippen molar-refractivity contribution < 1.29 is 17.9 Å². The molecule has 1 aliphatic carbocycles. The summed E-state index contributed by atoms with van der Waals surface area (Å²) in [7, 11) is 1.65. The lowest BCUT2D eigenvalue weighted by atomic mass is 10.00. The lowest BCUT2D eigenvalue weighted by Crippen LogP contribution is -2.42. The maximum absolute atomic E-state index is 12.1. The fourth-order valence-electron chi connectivity index (χ4n) is 2.28. The molecule has 0 radical (unpaired) electrons. The second kappa shape index (κ2) is 6.59. The van der Waals surface area contributed by atoms with E-state index >= 15 is 0 Å². The highest BCUT2D eigenvalue weighted by Crippen LogP contribution is 2.36. The fraction of sp³-hybridized carbons (Fsp3) is 1.00. The zero-order chi connectivity index (χ0) is 12.9. The molecule has 0 bridgehead atoms. The second-order valence-corrected chi connectivity index (χ2v) is 4.71. The molecule has 1 fully saturated rings. The first-order valence-electron chi connectivity index (χ1n) is 6.31. The Morgan fingerprint density at radius 3 is 2.41 bits per heavy atom. The van der Waals surface area contributed by atoms with Gasteiger partial charge in [-0.25, -0.2) is 0 Å². The molecule has 2 unspecified atom stereocenters. The second-order valence-electron chi connectivity index (χ2n) is 4.71. The maximum Gasteiger partial charge on any atom is 0.389 e. The molecule has 0 spiro atoms. The van der Waals surface area contributed by atoms with E-state index in [-0.39, 0.29) is 18.6 Å². The van der Waals surface area contributed by atoms with E-state index in [0.717, 1.165) is 19.4 Å². The normalized spacial score (nSPS) is 20.3. The molecule has 5 heteroatoms. The summed E-state index contributed by atoms with van der Waals surface area (Å²) in [6.07, 6.45) is -1.69. The highest BCUT2D eigenvalue weighted by molar-refractivity contribution is 4.90. The summed E-state index contributed by atoms with van der Waals surface area (Å²) >= 11 is 0. The minimum absolute atomic E-state index is 0.0554. The molecule has 17 heavy (non-hydrogen) atoms. The van der Waals surface area contributed by atoms with Gasteiger partial charge in [0.2, 0.25) is 0 Å². The van der Waals surface area contributed by atoms with Crippen molar-refractivity contribution >= 4 is 0 Å². The molecular formula is C12H22F3NO. The van der Waals surface area contributed by atoms with E-state index in [1.165, 1.54) is 0 Å². The van der Waals surface area contributed by atoms with Crippen LogP contribution in [-0.4, -0.2) is 32.0 Å². The Bertz CT molecular complexity index is 216. The van der Waals surface area contributed by atoms with Gasteiger partial charge in [0.1, 0.15) is 0 Å². The van der Waals surface area contributed by atoms with Gasteiger partial charge in [0.05, 0.1) is 6.10 Å². The number of methoxy groups -OCH3 is 1. The number of rotatable bonds is 8. The quantitative estimate of drug-likeness (QED) is 0.717. The predicted octanol–water partition coefficient (Wildman–Crippen LogP) is 3.12. The summed E-state index contributed by atoms with van der Waals surface area (Å²) in [6.45, 7) is 2.74. The molecule has 0 aromatic heterocycles. The van der Waals surface area contributed by atoms with Gasteiger partial charge >= 0.3 is 6.18 Å². The SMILES string of the molecule is CCNC(CCCC(F)(F)F)C(OC)C1CC1. The van der Waals surface area contributed by atoms with Crippen LogP contribution in [0.2, 0.25) is 0 Å². The third kappa shape index (κ3) is 5.73. The van der Waals surface area contributed by atoms with Crippen LogP contribution in [0.25, 0.3) is 0 Å². The van der Waals surface area contributed by atoms with E-state index in [4.69, 9.17) is 4.74 Å². The number of likely N-dealkylation sites (N-methyl/N-ethyl adjacent to an activating group) is 1. The van der Waals surface area contributed by atoms with Crippen molar-refractivity contribution in [2.75, 3.05) is 13.7 Å². The summed E-state index contributed by atoms with van der Waals surface area (Å²) in [5.74, 6) is 0.537. The summed E-state index contributed by atoms with van der Waals surface area (Å²) in [6, 6.07) is 0.0554. The van der Waals surface area contributed by atoms with E-state index in [1.807, 2.05) is 6.92 Å². The van der Waals surface area contributed by atoms with Gasteiger partial charge < -0.3 is 10.1 Å². The molecule has 1 saturated carbocycles. The van der Waals surface area contributed by atoms with Crippen LogP contribution in [-0.2, 0) is 4.74 Å². The van der Waals surface area contributed by atoms with Crippen molar-refractivity contribution in [3.63, 3.8) is 0 Å². The molecule has 2 nitrogen and oxygen atoms in total. The van der Waals surface area contributed by atoms with E-state index in [2.05, 4.69) is 5.32 Å². The molecule has 1 rings (SSSR count). The molecule has 0 aliphatic heterocycles. The van der Waals surface area contributed by atoms with Crippen molar-refractivity contribution in [3.8, 4) is 0 Å². The Hall–Kier alpha value is -0.290. The van der Waals surface area contributed by atoms with Gasteiger partial charge in [-0.3, -0.25) is 0 Å². The van der Waals surface area contributed by atoms with Crippen LogP contribution in [0.5, 0.6) is 0 Å². The van der Waals surface area contributed by atoms with Crippen LogP contribution < -0.4 is 5.32 Å². The van der Waals surface area contributed by atoms with Crippen molar-refractivity contribution in [1.29, 1.82) is 0 Å². The van der Waals surface area contributed by atoms with Gasteiger partial charge in [-0.1, -0.05) is 6.92 Å². The Kier molecular flexibility index (Phi) is 5.73. The van der Waals surface area contributed by atoms with Crippen LogP contribution in [0.1, 0.15) is 39.0 Å². The zero-order valence-electron chi connectivity index (χ0n) is 10.5. The minimum atomic E-state index is -4.04. The van der Waals surface area contributed by atoms with Gasteiger partial charge in [-0.2, -0.15) is 13.2 Å². The molecule has 1 aliphatic rings. The molecule has 102 valence electrons. The Morgan fingerprint density at radius 1 is 1.35 bits per heavy atom. The predicted molar refractivity (Wildman–Crippen MR) is 60.9 cm³/mol. The standard InChI is InChI=1S/C12H22F3NO/c1-3-16-10(5-4-8-12(13,14)15)11(17-2)9-6-7-9/h9-11,16H,3-8H2,1-2H3. The first-order chi connectivity index (χ1) is 7.98. The number of ether oxygens (including phenoxy) is 1. The molecule has 0 aromatic carbocycles. The minimum Gasteiger partial charge on any atom is -0.380 e. The van der Waals surface area contributed by atoms with Crippen LogP contribution >= 0.6 is 0 Å². The molecule has 0 aromatic rings. The lowest BCUT2D eigenvalue weighted by molar-refractivity contribution is -0.136. The molecule has 1 N–H and O–H groups in total. The average molecular weight is 253 g/mol. The topological polar surface area (TPSA) is 21.3 Å². The molecular weight excluding hydrogens is 231 g/mol. The van der Waals surface area contributed by atoms with Crippen molar-refractivity contribution in [2.45, 2.75) is 57.3 Å². The number of alkyl halides is 3. The molecule has 2 atom stereocenters. The van der Waals surface area contributed by atoms with Crippen LogP contribution in [0.3, 0.4) is 0 Å². The average Bonchev–Trinajstić information content (AvgIpc) is 3.01. The smallest absolute Gasteiger partial charge is 0.380 e. The number of hydrogen-bond acceptors (Lipinski definition) is 2. The molecule has 0 heterocycles. The first kappa shape index (κ1) is 14.8. The largest absolute Gasteiger partial charge is 0.389 e. The van der Waals surface area contributed by atoms with E-state index in [1.54, 1.807) is 7.11 Å². The summed E-state index contributed by atoms with van der Waals surface area (Å²) in [5, 5.41) is 3.25. The first-order valence-corrected chi connectivity index (χ1v) is 6.31. The highest BCUT2D eigenvalue weighted by atomic mass is 19.4. The summed E-state index contributed by atoms with van der Waals surface area (Å²) in [5.41, 5.74) is 0. The monoisotopic (exact) mass is 253 g/mol. The van der Waals surface area contributed by atoms with E-state index in [9.17, 15) is 13.2 Å². The summed E-state index contributed by atoms with van der Waals surface area (Å²) in [4.78, 5) is 0. The van der Waals surface area contributed by atoms with Crippen LogP contribution in [0, 0.1) is 5.92 Å². The lowest BCUT2D eigenvalue weighted by Gasteiger charge is -2.27. The third-order valence-electron chi connectivity index (χ3n) is 3.20. The van der Waals surface area contributed by atoms with E-state index in [0.29, 0.717) is 12.3 Å². The Morgan fingerprint density at radius 2 is 2.00 bits per heavy atom. The van der Waals surface area contributed by atoms with Crippen LogP contribution in [0.15, 0.2) is 0 Å². The fourth-order valence-corrected chi connectivity index (χ4v) is 2.28. The van der Waals surface area contributed by atoms with Crippen LogP contribution in [0.4, 0.5) is 13.2 Å². The Balaban J connectivity index is 2.36. The summed E-state index contributed by atoms with van der Waals surface area (Å²) < 4.78 is 41.7. The van der Waals surface area contributed by atoms with Gasteiger partial charge in [-0.05, 0) is 38.1 Å². The van der Waals surface area contributed by atoms with Gasteiger partial charge in [0.15, 0.2) is 0 Å². The zero-order valence-corrected chi connectivity index (χ0v) is 10.5. The molecule has 0 amide bonds.